The molecule has 0 aliphatic carbocycles. The maximum atomic E-state index is 13.5. The summed E-state index contributed by atoms with van der Waals surface area (Å²) < 4.78 is 41.9. The number of hydrogen-bond donors (Lipinski definition) is 0. The number of rotatable bonds is 5. The molecule has 1 unspecified atom stereocenters. The predicted octanol–water partition coefficient (Wildman–Crippen LogP) is 4.68. The molecular weight excluding hydrogens is 467 g/mol. The van der Waals surface area contributed by atoms with Gasteiger partial charge in [0.25, 0.3) is 0 Å². The van der Waals surface area contributed by atoms with Gasteiger partial charge in [-0.25, -0.2) is 12.8 Å². The van der Waals surface area contributed by atoms with Crippen LogP contribution in [-0.2, 0) is 10.0 Å². The van der Waals surface area contributed by atoms with Crippen molar-refractivity contribution in [2.45, 2.75) is 10.9 Å². The molecule has 7 heteroatoms. The molecule has 0 amide bonds. The summed E-state index contributed by atoms with van der Waals surface area (Å²) in [4.78, 5) is 2.30. The van der Waals surface area contributed by atoms with Gasteiger partial charge in [-0.05, 0) is 41.5 Å². The van der Waals surface area contributed by atoms with E-state index in [4.69, 9.17) is 0 Å². The summed E-state index contributed by atoms with van der Waals surface area (Å²) in [6.45, 7) is 1.89. The predicted molar refractivity (Wildman–Crippen MR) is 119 cm³/mol. The van der Waals surface area contributed by atoms with Gasteiger partial charge in [0.1, 0.15) is 5.82 Å². The third kappa shape index (κ3) is 4.49. The van der Waals surface area contributed by atoms with Crippen LogP contribution in [0.4, 0.5) is 4.39 Å². The zero-order chi connectivity index (χ0) is 21.1. The van der Waals surface area contributed by atoms with Gasteiger partial charge < -0.3 is 0 Å². The highest BCUT2D eigenvalue weighted by Gasteiger charge is 2.32. The van der Waals surface area contributed by atoms with Crippen molar-refractivity contribution in [3.63, 3.8) is 0 Å². The lowest BCUT2D eigenvalue weighted by molar-refractivity contribution is 0.156. The van der Waals surface area contributed by atoms with Crippen LogP contribution < -0.4 is 0 Å². The summed E-state index contributed by atoms with van der Waals surface area (Å²) in [7, 11) is -3.71. The van der Waals surface area contributed by atoms with Crippen LogP contribution in [0.2, 0.25) is 0 Å². The highest BCUT2D eigenvalue weighted by Crippen LogP contribution is 2.31. The Labute approximate surface area is 185 Å². The first-order valence-electron chi connectivity index (χ1n) is 9.75. The molecule has 0 spiro atoms. The van der Waals surface area contributed by atoms with Crippen molar-refractivity contribution in [1.82, 2.24) is 9.21 Å². The van der Waals surface area contributed by atoms with Crippen LogP contribution in [0.1, 0.15) is 17.2 Å². The molecule has 0 bridgehead atoms. The van der Waals surface area contributed by atoms with E-state index in [2.05, 4.69) is 45.1 Å². The van der Waals surface area contributed by atoms with Gasteiger partial charge in [0.2, 0.25) is 10.0 Å². The molecule has 1 aliphatic heterocycles. The van der Waals surface area contributed by atoms with Crippen LogP contribution >= 0.6 is 15.9 Å². The first-order chi connectivity index (χ1) is 14.4. The molecule has 1 fully saturated rings. The fourth-order valence-electron chi connectivity index (χ4n) is 3.87. The minimum atomic E-state index is -3.71. The quantitative estimate of drug-likeness (QED) is 0.523. The molecule has 30 heavy (non-hydrogen) atoms. The summed E-state index contributed by atoms with van der Waals surface area (Å²) in [6.07, 6.45) is 0. The topological polar surface area (TPSA) is 40.6 Å². The Kier molecular flexibility index (Phi) is 6.34. The smallest absolute Gasteiger partial charge is 0.243 e. The largest absolute Gasteiger partial charge is 0.290 e. The molecule has 3 aromatic carbocycles. The highest BCUT2D eigenvalue weighted by atomic mass is 79.9. The minimum absolute atomic E-state index is 0.00321. The Morgan fingerprint density at radius 1 is 0.800 bits per heavy atom. The summed E-state index contributed by atoms with van der Waals surface area (Å²) in [6, 6.07) is 23.7. The average molecular weight is 489 g/mol. The lowest BCUT2D eigenvalue weighted by atomic mass is 9.96. The van der Waals surface area contributed by atoms with Crippen molar-refractivity contribution >= 4 is 26.0 Å². The summed E-state index contributed by atoms with van der Waals surface area (Å²) in [5, 5.41) is 0. The third-order valence-corrected chi connectivity index (χ3v) is 7.80. The molecule has 1 saturated heterocycles. The fourth-order valence-corrected chi connectivity index (χ4v) is 5.59. The van der Waals surface area contributed by atoms with Crippen LogP contribution in [0.15, 0.2) is 88.2 Å². The van der Waals surface area contributed by atoms with Crippen molar-refractivity contribution in [2.24, 2.45) is 0 Å². The maximum Gasteiger partial charge on any atom is 0.243 e. The Balaban J connectivity index is 1.56. The molecule has 1 heterocycles. The van der Waals surface area contributed by atoms with Crippen LogP contribution in [0.25, 0.3) is 0 Å². The zero-order valence-electron chi connectivity index (χ0n) is 16.3. The number of nitrogens with zero attached hydrogens (tertiary/aromatic N) is 2. The van der Waals surface area contributed by atoms with Gasteiger partial charge in [0, 0.05) is 30.7 Å². The highest BCUT2D eigenvalue weighted by molar-refractivity contribution is 9.10. The lowest BCUT2D eigenvalue weighted by Crippen LogP contribution is -2.49. The Morgan fingerprint density at radius 2 is 1.43 bits per heavy atom. The van der Waals surface area contributed by atoms with Gasteiger partial charge >= 0.3 is 0 Å². The normalized spacial score (nSPS) is 17.0. The monoisotopic (exact) mass is 488 g/mol. The Hall–Kier alpha value is -2.06. The molecule has 0 saturated carbocycles. The van der Waals surface area contributed by atoms with Crippen molar-refractivity contribution in [1.29, 1.82) is 0 Å². The van der Waals surface area contributed by atoms with E-state index in [-0.39, 0.29) is 10.9 Å². The number of benzene rings is 3. The van der Waals surface area contributed by atoms with E-state index >= 15 is 0 Å². The second-order valence-corrected chi connectivity index (χ2v) is 10.1. The molecule has 0 N–H and O–H groups in total. The summed E-state index contributed by atoms with van der Waals surface area (Å²) in [5.41, 5.74) is 2.33. The summed E-state index contributed by atoms with van der Waals surface area (Å²) in [5.74, 6) is -0.547. The van der Waals surface area contributed by atoms with Gasteiger partial charge in [-0.3, -0.25) is 4.90 Å². The second kappa shape index (κ2) is 8.98. The molecule has 4 nitrogen and oxygen atoms in total. The molecule has 156 valence electrons. The van der Waals surface area contributed by atoms with E-state index in [0.29, 0.717) is 26.2 Å². The van der Waals surface area contributed by atoms with Gasteiger partial charge in [-0.15, -0.1) is 0 Å². The van der Waals surface area contributed by atoms with Crippen molar-refractivity contribution in [2.75, 3.05) is 26.2 Å². The minimum Gasteiger partial charge on any atom is -0.290 e. The first-order valence-corrected chi connectivity index (χ1v) is 12.0. The third-order valence-electron chi connectivity index (χ3n) is 5.37. The van der Waals surface area contributed by atoms with E-state index in [0.717, 1.165) is 16.1 Å². The molecule has 1 aliphatic rings. The Morgan fingerprint density at radius 3 is 2.07 bits per heavy atom. The summed E-state index contributed by atoms with van der Waals surface area (Å²) >= 11 is 3.49. The number of sulfonamides is 1. The Bertz CT molecular complexity index is 1100. The van der Waals surface area contributed by atoms with Gasteiger partial charge in [-0.1, -0.05) is 64.5 Å². The van der Waals surface area contributed by atoms with Crippen molar-refractivity contribution < 1.29 is 12.8 Å². The molecule has 3 aromatic rings. The van der Waals surface area contributed by atoms with E-state index in [9.17, 15) is 12.8 Å². The van der Waals surface area contributed by atoms with E-state index in [1.54, 1.807) is 0 Å². The number of piperazine rings is 1. The molecular formula is C23H22BrFN2O2S. The molecule has 1 atom stereocenters. The van der Waals surface area contributed by atoms with Gasteiger partial charge in [-0.2, -0.15) is 4.31 Å². The van der Waals surface area contributed by atoms with Crippen molar-refractivity contribution in [3.8, 4) is 0 Å². The maximum absolute atomic E-state index is 13.5. The molecule has 4 rings (SSSR count). The van der Waals surface area contributed by atoms with Gasteiger partial charge in [0.05, 0.1) is 10.9 Å². The van der Waals surface area contributed by atoms with Gasteiger partial charge in [0.15, 0.2) is 0 Å². The molecule has 0 aromatic heterocycles. The fraction of sp³-hybridized carbons (Fsp3) is 0.217. The van der Waals surface area contributed by atoms with E-state index in [1.165, 1.54) is 28.1 Å². The second-order valence-electron chi connectivity index (χ2n) is 7.26. The zero-order valence-corrected chi connectivity index (χ0v) is 18.7. The standard InChI is InChI=1S/C23H22BrFN2O2S/c24-20-11-9-19(10-12-20)23(18-5-2-1-3-6-18)26-13-15-27(16-14-26)30(28,29)22-8-4-7-21(25)17-22/h1-12,17,23H,13-16H2. The van der Waals surface area contributed by atoms with Crippen LogP contribution in [0, 0.1) is 5.82 Å². The SMILES string of the molecule is O=S(=O)(c1cccc(F)c1)N1CCN(C(c2ccccc2)c2ccc(Br)cc2)CC1. The van der Waals surface area contributed by atoms with Crippen LogP contribution in [0.5, 0.6) is 0 Å². The lowest BCUT2D eigenvalue weighted by Gasteiger charge is -2.39. The van der Waals surface area contributed by atoms with E-state index < -0.39 is 15.8 Å². The molecule has 0 radical (unpaired) electrons. The van der Waals surface area contributed by atoms with E-state index in [1.807, 2.05) is 30.3 Å². The number of halogens is 2. The number of hydrogen-bond acceptors (Lipinski definition) is 3. The van der Waals surface area contributed by atoms with Crippen LogP contribution in [-0.4, -0.2) is 43.8 Å². The average Bonchev–Trinajstić information content (AvgIpc) is 2.76. The van der Waals surface area contributed by atoms with Crippen molar-refractivity contribution in [3.05, 3.63) is 100 Å². The van der Waals surface area contributed by atoms with Crippen LogP contribution in [0.3, 0.4) is 0 Å². The first kappa shape index (κ1) is 21.2.